The van der Waals surface area contributed by atoms with Crippen molar-refractivity contribution < 1.29 is 8.42 Å². The minimum absolute atomic E-state index is 0.127. The van der Waals surface area contributed by atoms with Gasteiger partial charge in [0.1, 0.15) is 0 Å². The quantitative estimate of drug-likeness (QED) is 0.665. The first-order valence-electron chi connectivity index (χ1n) is 3.97. The molecule has 72 valence electrons. The Kier molecular flexibility index (Phi) is 2.06. The van der Waals surface area contributed by atoms with E-state index in [1.165, 1.54) is 16.7 Å². The maximum atomic E-state index is 11.7. The number of hydrogen-bond acceptors (Lipinski definition) is 4. The first kappa shape index (κ1) is 8.67. The molecule has 0 amide bonds. The van der Waals surface area contributed by atoms with E-state index < -0.39 is 10.0 Å². The molecule has 7 heteroatoms. The Bertz CT molecular complexity index is 365. The van der Waals surface area contributed by atoms with Crippen LogP contribution in [-0.2, 0) is 10.0 Å². The molecule has 1 saturated heterocycles. The number of rotatable bonds is 2. The fourth-order valence-corrected chi connectivity index (χ4v) is 2.49. The van der Waals surface area contributed by atoms with E-state index in [0.717, 1.165) is 6.42 Å². The lowest BCUT2D eigenvalue weighted by atomic mass is 10.5. The zero-order chi connectivity index (χ0) is 9.31. The van der Waals surface area contributed by atoms with E-state index >= 15 is 0 Å². The van der Waals surface area contributed by atoms with Gasteiger partial charge in [-0.25, -0.2) is 13.8 Å². The number of aromatic amines is 1. The van der Waals surface area contributed by atoms with Gasteiger partial charge in [-0.3, -0.25) is 5.10 Å². The average Bonchev–Trinajstić information content (AvgIpc) is 2.78. The van der Waals surface area contributed by atoms with Crippen molar-refractivity contribution in [1.29, 1.82) is 0 Å². The van der Waals surface area contributed by atoms with Gasteiger partial charge in [0, 0.05) is 13.1 Å². The maximum absolute atomic E-state index is 11.7. The van der Waals surface area contributed by atoms with Crippen LogP contribution in [0.5, 0.6) is 0 Å². The summed E-state index contributed by atoms with van der Waals surface area (Å²) in [6.07, 6.45) is 2.26. The maximum Gasteiger partial charge on any atom is 0.272 e. The Hall–Kier alpha value is -0.920. The molecule has 2 rings (SSSR count). The molecular formula is C6H10N4O2S. The first-order chi connectivity index (χ1) is 6.21. The number of aromatic nitrogens is 2. The molecule has 1 aliphatic heterocycles. The highest BCUT2D eigenvalue weighted by molar-refractivity contribution is 7.89. The Labute approximate surface area is 76.0 Å². The molecule has 0 aromatic carbocycles. The van der Waals surface area contributed by atoms with Crippen molar-refractivity contribution in [2.24, 2.45) is 0 Å². The molecule has 1 aromatic rings. The first-order valence-corrected chi connectivity index (χ1v) is 5.41. The lowest BCUT2D eigenvalue weighted by Gasteiger charge is -2.13. The van der Waals surface area contributed by atoms with Crippen LogP contribution in [0.1, 0.15) is 6.42 Å². The molecule has 1 aromatic heterocycles. The van der Waals surface area contributed by atoms with Gasteiger partial charge in [0.05, 0.1) is 6.20 Å². The monoisotopic (exact) mass is 202 g/mol. The van der Waals surface area contributed by atoms with Gasteiger partial charge < -0.3 is 0 Å². The van der Waals surface area contributed by atoms with E-state index in [0.29, 0.717) is 13.1 Å². The predicted octanol–water partition coefficient (Wildman–Crippen LogP) is -0.691. The lowest BCUT2D eigenvalue weighted by Crippen LogP contribution is -2.37. The molecule has 6 nitrogen and oxygen atoms in total. The molecule has 0 unspecified atom stereocenters. The van der Waals surface area contributed by atoms with Gasteiger partial charge >= 0.3 is 0 Å². The smallest absolute Gasteiger partial charge is 0.266 e. The standard InChI is InChI=1S/C6H10N4O2S/c11-13(12,6-2-4-7-9-6)10-5-1-3-8-10/h2,4,8H,1,3,5H2,(H,7,9). The molecule has 0 aliphatic carbocycles. The highest BCUT2D eigenvalue weighted by Crippen LogP contribution is 2.12. The van der Waals surface area contributed by atoms with Crippen molar-refractivity contribution in [2.75, 3.05) is 13.1 Å². The fourth-order valence-electron chi connectivity index (χ4n) is 1.22. The second-order valence-corrected chi connectivity index (χ2v) is 4.59. The van der Waals surface area contributed by atoms with Crippen molar-refractivity contribution in [3.63, 3.8) is 0 Å². The summed E-state index contributed by atoms with van der Waals surface area (Å²) in [7, 11) is -3.39. The fraction of sp³-hybridized carbons (Fsp3) is 0.500. The van der Waals surface area contributed by atoms with E-state index in [2.05, 4.69) is 15.6 Å². The normalized spacial score (nSPS) is 19.4. The van der Waals surface area contributed by atoms with Gasteiger partial charge in [-0.05, 0) is 12.5 Å². The Morgan fingerprint density at radius 2 is 2.38 bits per heavy atom. The van der Waals surface area contributed by atoms with Crippen LogP contribution in [0.15, 0.2) is 17.3 Å². The largest absolute Gasteiger partial charge is 0.272 e. The third-order valence-electron chi connectivity index (χ3n) is 1.87. The van der Waals surface area contributed by atoms with Crippen molar-refractivity contribution in [3.05, 3.63) is 12.3 Å². The topological polar surface area (TPSA) is 78.1 Å². The third-order valence-corrected chi connectivity index (χ3v) is 3.54. The molecule has 2 N–H and O–H groups in total. The minimum Gasteiger partial charge on any atom is -0.266 e. The van der Waals surface area contributed by atoms with Crippen LogP contribution < -0.4 is 5.43 Å². The molecule has 0 spiro atoms. The van der Waals surface area contributed by atoms with E-state index in [1.54, 1.807) is 0 Å². The van der Waals surface area contributed by atoms with Crippen LogP contribution in [0.2, 0.25) is 0 Å². The van der Waals surface area contributed by atoms with Crippen LogP contribution in [0.3, 0.4) is 0 Å². The number of nitrogens with one attached hydrogen (secondary N) is 2. The Morgan fingerprint density at radius 1 is 1.54 bits per heavy atom. The van der Waals surface area contributed by atoms with Crippen molar-refractivity contribution >= 4 is 10.0 Å². The van der Waals surface area contributed by atoms with E-state index in [9.17, 15) is 8.42 Å². The molecule has 13 heavy (non-hydrogen) atoms. The zero-order valence-corrected chi connectivity index (χ0v) is 7.71. The molecule has 0 saturated carbocycles. The van der Waals surface area contributed by atoms with E-state index in [-0.39, 0.29) is 5.03 Å². The summed E-state index contributed by atoms with van der Waals surface area (Å²) in [6.45, 7) is 1.22. The summed E-state index contributed by atoms with van der Waals surface area (Å²) in [5.74, 6) is 0. The highest BCUT2D eigenvalue weighted by Gasteiger charge is 2.27. The minimum atomic E-state index is -3.39. The molecule has 0 bridgehead atoms. The lowest BCUT2D eigenvalue weighted by molar-refractivity contribution is 0.397. The molecular weight excluding hydrogens is 192 g/mol. The van der Waals surface area contributed by atoms with Gasteiger partial charge in [0.15, 0.2) is 5.03 Å². The SMILES string of the molecule is O=S(=O)(c1ccn[nH]1)N1CCCN1. The number of nitrogens with zero attached hydrogens (tertiary/aromatic N) is 2. The summed E-state index contributed by atoms with van der Waals surface area (Å²) >= 11 is 0. The van der Waals surface area contributed by atoms with Gasteiger partial charge in [0.2, 0.25) is 0 Å². The van der Waals surface area contributed by atoms with Gasteiger partial charge in [0.25, 0.3) is 10.0 Å². The van der Waals surface area contributed by atoms with Crippen LogP contribution >= 0.6 is 0 Å². The summed E-state index contributed by atoms with van der Waals surface area (Å²) in [5, 5.41) is 6.16. The average molecular weight is 202 g/mol. The van der Waals surface area contributed by atoms with Crippen molar-refractivity contribution in [1.82, 2.24) is 20.0 Å². The molecule has 2 heterocycles. The van der Waals surface area contributed by atoms with Crippen molar-refractivity contribution in [2.45, 2.75) is 11.4 Å². The second kappa shape index (κ2) is 3.09. The molecule has 1 aliphatic rings. The summed E-state index contributed by atoms with van der Waals surface area (Å²) in [6, 6.07) is 1.44. The Balaban J connectivity index is 2.30. The second-order valence-electron chi connectivity index (χ2n) is 2.76. The van der Waals surface area contributed by atoms with Gasteiger partial charge in [-0.15, -0.1) is 4.41 Å². The summed E-state index contributed by atoms with van der Waals surface area (Å²) < 4.78 is 24.6. The summed E-state index contributed by atoms with van der Waals surface area (Å²) in [5.41, 5.74) is 2.78. The van der Waals surface area contributed by atoms with Gasteiger partial charge in [-0.2, -0.15) is 5.10 Å². The van der Waals surface area contributed by atoms with Crippen molar-refractivity contribution in [3.8, 4) is 0 Å². The highest BCUT2D eigenvalue weighted by atomic mass is 32.2. The number of H-pyrrole nitrogens is 1. The molecule has 1 fully saturated rings. The molecule has 0 atom stereocenters. The van der Waals surface area contributed by atoms with Crippen LogP contribution in [-0.4, -0.2) is 36.1 Å². The zero-order valence-electron chi connectivity index (χ0n) is 6.90. The molecule has 0 radical (unpaired) electrons. The predicted molar refractivity (Wildman–Crippen MR) is 45.1 cm³/mol. The third kappa shape index (κ3) is 1.45. The number of hydrazine groups is 1. The number of sulfonamides is 1. The number of hydrogen-bond donors (Lipinski definition) is 2. The van der Waals surface area contributed by atoms with Crippen LogP contribution in [0.25, 0.3) is 0 Å². The Morgan fingerprint density at radius 3 is 2.92 bits per heavy atom. The summed E-state index contributed by atoms with van der Waals surface area (Å²) in [4.78, 5) is 0. The van der Waals surface area contributed by atoms with Crippen LogP contribution in [0, 0.1) is 0 Å². The van der Waals surface area contributed by atoms with Gasteiger partial charge in [-0.1, -0.05) is 0 Å². The van der Waals surface area contributed by atoms with Crippen LogP contribution in [0.4, 0.5) is 0 Å². The van der Waals surface area contributed by atoms with E-state index in [1.807, 2.05) is 0 Å². The van der Waals surface area contributed by atoms with E-state index in [4.69, 9.17) is 0 Å².